The molecule has 0 atom stereocenters. The number of halogens is 1. The molecule has 0 saturated heterocycles. The van der Waals surface area contributed by atoms with Gasteiger partial charge in [0.2, 0.25) is 10.0 Å². The number of anilines is 2. The summed E-state index contributed by atoms with van der Waals surface area (Å²) in [6.45, 7) is 3.94. The Labute approximate surface area is 197 Å². The molecular weight excluding hydrogens is 457 g/mol. The lowest BCUT2D eigenvalue weighted by atomic mass is 10.1. The largest absolute Gasteiger partial charge is 0.322 e. The van der Waals surface area contributed by atoms with Crippen molar-refractivity contribution in [1.29, 1.82) is 0 Å². The number of carbonyl (C=O) groups excluding carboxylic acids is 2. The van der Waals surface area contributed by atoms with E-state index in [2.05, 4.69) is 16.6 Å². The topological polar surface area (TPSA) is 95.6 Å². The zero-order valence-corrected chi connectivity index (χ0v) is 18.9. The number of fused-ring (bicyclic) bond motifs is 1. The van der Waals surface area contributed by atoms with Crippen LogP contribution in [0.25, 0.3) is 0 Å². The maximum absolute atomic E-state index is 14.1. The number of rotatable bonds is 7. The Morgan fingerprint density at radius 2 is 1.74 bits per heavy atom. The van der Waals surface area contributed by atoms with Gasteiger partial charge in [0.1, 0.15) is 10.7 Å². The molecule has 4 rings (SSSR count). The van der Waals surface area contributed by atoms with Gasteiger partial charge in [-0.1, -0.05) is 24.3 Å². The standard InChI is InChI=1S/C25H22FN3O4S/c1-2-14-27-34(32,33)23-16-19(9-12-21(23)26)24(30)28-20-10-7-18(8-11-20)25(31)29-15-13-17-5-3-4-6-22(17)29/h2-12,16,27H,1,13-15H2,(H,28,30). The SMILES string of the molecule is C=CCNS(=O)(=O)c1cc(C(=O)Nc2ccc(C(=O)N3CCc4ccccc43)cc2)ccc1F. The van der Waals surface area contributed by atoms with Crippen LogP contribution < -0.4 is 14.9 Å². The molecule has 0 spiro atoms. The first-order valence-electron chi connectivity index (χ1n) is 10.5. The van der Waals surface area contributed by atoms with Gasteiger partial charge in [0.25, 0.3) is 11.8 Å². The van der Waals surface area contributed by atoms with Gasteiger partial charge in [-0.3, -0.25) is 9.59 Å². The molecular formula is C25H22FN3O4S. The summed E-state index contributed by atoms with van der Waals surface area (Å²) >= 11 is 0. The Bertz CT molecular complexity index is 1370. The molecule has 7 nitrogen and oxygen atoms in total. The van der Waals surface area contributed by atoms with Crippen LogP contribution in [0.2, 0.25) is 0 Å². The fraction of sp³-hybridized carbons (Fsp3) is 0.120. The van der Waals surface area contributed by atoms with Crippen molar-refractivity contribution >= 4 is 33.2 Å². The van der Waals surface area contributed by atoms with Gasteiger partial charge < -0.3 is 10.2 Å². The summed E-state index contributed by atoms with van der Waals surface area (Å²) < 4.78 is 40.8. The first kappa shape index (κ1) is 23.3. The first-order valence-corrected chi connectivity index (χ1v) is 12.0. The van der Waals surface area contributed by atoms with E-state index in [1.165, 1.54) is 12.1 Å². The number of nitrogens with one attached hydrogen (secondary N) is 2. The highest BCUT2D eigenvalue weighted by Gasteiger charge is 2.25. The first-order chi connectivity index (χ1) is 16.3. The predicted molar refractivity (Wildman–Crippen MR) is 128 cm³/mol. The second-order valence-electron chi connectivity index (χ2n) is 7.65. The highest BCUT2D eigenvalue weighted by atomic mass is 32.2. The summed E-state index contributed by atoms with van der Waals surface area (Å²) in [4.78, 5) is 26.7. The van der Waals surface area contributed by atoms with Crippen LogP contribution in [0.4, 0.5) is 15.8 Å². The molecule has 0 unspecified atom stereocenters. The quantitative estimate of drug-likeness (QED) is 0.505. The number of hydrogen-bond donors (Lipinski definition) is 2. The molecule has 3 aromatic carbocycles. The van der Waals surface area contributed by atoms with Gasteiger partial charge in [0.05, 0.1) is 0 Å². The molecule has 1 aliphatic rings. The third-order valence-electron chi connectivity index (χ3n) is 5.42. The zero-order chi connectivity index (χ0) is 24.3. The summed E-state index contributed by atoms with van der Waals surface area (Å²) in [5, 5.41) is 2.63. The van der Waals surface area contributed by atoms with E-state index in [1.54, 1.807) is 29.2 Å². The van der Waals surface area contributed by atoms with Crippen molar-refractivity contribution in [1.82, 2.24) is 4.72 Å². The summed E-state index contributed by atoms with van der Waals surface area (Å²) in [5.41, 5.74) is 2.86. The van der Waals surface area contributed by atoms with Crippen molar-refractivity contribution in [3.8, 4) is 0 Å². The van der Waals surface area contributed by atoms with Crippen LogP contribution in [-0.2, 0) is 16.4 Å². The maximum atomic E-state index is 14.1. The van der Waals surface area contributed by atoms with Crippen molar-refractivity contribution in [2.75, 3.05) is 23.3 Å². The molecule has 2 N–H and O–H groups in total. The van der Waals surface area contributed by atoms with Crippen molar-refractivity contribution < 1.29 is 22.4 Å². The molecule has 0 aliphatic carbocycles. The number of nitrogens with zero attached hydrogens (tertiary/aromatic N) is 1. The Morgan fingerprint density at radius 1 is 1.03 bits per heavy atom. The molecule has 0 bridgehead atoms. The van der Waals surface area contributed by atoms with E-state index in [0.29, 0.717) is 17.8 Å². The zero-order valence-electron chi connectivity index (χ0n) is 18.1. The Kier molecular flexibility index (Phi) is 6.58. The molecule has 0 aromatic heterocycles. The normalized spacial score (nSPS) is 12.8. The number of sulfonamides is 1. The van der Waals surface area contributed by atoms with Crippen LogP contribution in [0, 0.1) is 5.82 Å². The van der Waals surface area contributed by atoms with E-state index in [9.17, 15) is 22.4 Å². The van der Waals surface area contributed by atoms with Gasteiger partial charge in [0.15, 0.2) is 0 Å². The van der Waals surface area contributed by atoms with E-state index in [0.717, 1.165) is 29.8 Å². The van der Waals surface area contributed by atoms with E-state index in [-0.39, 0.29) is 18.0 Å². The minimum Gasteiger partial charge on any atom is -0.322 e. The van der Waals surface area contributed by atoms with Crippen LogP contribution >= 0.6 is 0 Å². The number of carbonyl (C=O) groups is 2. The Balaban J connectivity index is 1.48. The van der Waals surface area contributed by atoms with Crippen LogP contribution in [0.1, 0.15) is 26.3 Å². The summed E-state index contributed by atoms with van der Waals surface area (Å²) in [6, 6.07) is 17.2. The van der Waals surface area contributed by atoms with E-state index >= 15 is 0 Å². The second-order valence-corrected chi connectivity index (χ2v) is 9.39. The van der Waals surface area contributed by atoms with E-state index < -0.39 is 26.6 Å². The highest BCUT2D eigenvalue weighted by Crippen LogP contribution is 2.29. The lowest BCUT2D eigenvalue weighted by molar-refractivity contribution is 0.0988. The summed E-state index contributed by atoms with van der Waals surface area (Å²) in [7, 11) is -4.14. The van der Waals surface area contributed by atoms with Gasteiger partial charge in [-0.2, -0.15) is 0 Å². The second kappa shape index (κ2) is 9.58. The third kappa shape index (κ3) is 4.75. The number of amides is 2. The number of para-hydroxylation sites is 1. The van der Waals surface area contributed by atoms with Crippen LogP contribution in [-0.4, -0.2) is 33.3 Å². The van der Waals surface area contributed by atoms with Crippen molar-refractivity contribution in [2.24, 2.45) is 0 Å². The van der Waals surface area contributed by atoms with Crippen molar-refractivity contribution in [3.63, 3.8) is 0 Å². The Morgan fingerprint density at radius 3 is 2.47 bits per heavy atom. The third-order valence-corrected chi connectivity index (χ3v) is 6.86. The number of benzene rings is 3. The number of hydrogen-bond acceptors (Lipinski definition) is 4. The van der Waals surface area contributed by atoms with Crippen LogP contribution in [0.15, 0.2) is 84.3 Å². The molecule has 2 amide bonds. The van der Waals surface area contributed by atoms with Gasteiger partial charge in [-0.05, 0) is 60.5 Å². The van der Waals surface area contributed by atoms with E-state index in [4.69, 9.17) is 0 Å². The molecule has 0 saturated carbocycles. The molecule has 174 valence electrons. The van der Waals surface area contributed by atoms with Crippen LogP contribution in [0.3, 0.4) is 0 Å². The molecule has 0 fully saturated rings. The minimum atomic E-state index is -4.14. The smallest absolute Gasteiger partial charge is 0.258 e. The minimum absolute atomic E-state index is 0.0331. The average Bonchev–Trinajstić information content (AvgIpc) is 3.27. The highest BCUT2D eigenvalue weighted by molar-refractivity contribution is 7.89. The molecule has 0 radical (unpaired) electrons. The average molecular weight is 480 g/mol. The molecule has 1 aliphatic heterocycles. The molecule has 1 heterocycles. The van der Waals surface area contributed by atoms with Gasteiger partial charge in [-0.25, -0.2) is 17.5 Å². The van der Waals surface area contributed by atoms with Crippen molar-refractivity contribution in [2.45, 2.75) is 11.3 Å². The molecule has 9 heteroatoms. The van der Waals surface area contributed by atoms with Crippen LogP contribution in [0.5, 0.6) is 0 Å². The lowest BCUT2D eigenvalue weighted by Gasteiger charge is -2.17. The predicted octanol–water partition coefficient (Wildman–Crippen LogP) is 3.75. The van der Waals surface area contributed by atoms with Gasteiger partial charge in [-0.15, -0.1) is 6.58 Å². The Hall–Kier alpha value is -3.82. The fourth-order valence-corrected chi connectivity index (χ4v) is 4.80. The maximum Gasteiger partial charge on any atom is 0.258 e. The molecule has 3 aromatic rings. The lowest BCUT2D eigenvalue weighted by Crippen LogP contribution is -2.28. The fourth-order valence-electron chi connectivity index (χ4n) is 3.70. The molecule has 34 heavy (non-hydrogen) atoms. The van der Waals surface area contributed by atoms with Gasteiger partial charge >= 0.3 is 0 Å². The van der Waals surface area contributed by atoms with Gasteiger partial charge in [0, 0.05) is 35.6 Å². The monoisotopic (exact) mass is 479 g/mol. The van der Waals surface area contributed by atoms with E-state index in [1.807, 2.05) is 24.3 Å². The van der Waals surface area contributed by atoms with Crippen molar-refractivity contribution in [3.05, 3.63) is 102 Å². The summed E-state index contributed by atoms with van der Waals surface area (Å²) in [5.74, 6) is -1.73. The summed E-state index contributed by atoms with van der Waals surface area (Å²) in [6.07, 6.45) is 2.12.